The number of benzene rings is 1. The van der Waals surface area contributed by atoms with Crippen molar-refractivity contribution in [2.45, 2.75) is 6.92 Å². The van der Waals surface area contributed by atoms with E-state index in [0.29, 0.717) is 10.4 Å². The number of nitrogens with two attached hydrogens (primary N) is 1. The largest absolute Gasteiger partial charge is 0.410 e. The van der Waals surface area contributed by atoms with Gasteiger partial charge in [0.25, 0.3) is 0 Å². The molecule has 0 aliphatic carbocycles. The van der Waals surface area contributed by atoms with Crippen molar-refractivity contribution >= 4 is 22.4 Å². The van der Waals surface area contributed by atoms with Crippen molar-refractivity contribution in [2.24, 2.45) is 5.84 Å². The molecule has 9 heteroatoms. The van der Waals surface area contributed by atoms with E-state index in [4.69, 9.17) is 5.84 Å². The van der Waals surface area contributed by atoms with E-state index in [1.165, 1.54) is 6.07 Å². The van der Waals surface area contributed by atoms with Crippen LogP contribution < -0.4 is 11.3 Å². The van der Waals surface area contributed by atoms with Crippen LogP contribution in [0.4, 0.5) is 11.4 Å². The van der Waals surface area contributed by atoms with E-state index in [1.54, 1.807) is 6.92 Å². The molecule has 0 aliphatic heterocycles. The Hall–Kier alpha value is -2.42. The number of nitrogens with one attached hydrogen (secondary N) is 1. The van der Waals surface area contributed by atoms with Gasteiger partial charge in [0.2, 0.25) is 0 Å². The summed E-state index contributed by atoms with van der Waals surface area (Å²) in [6.45, 7) is 1.66. The number of nitro benzene ring substituents is 1. The van der Waals surface area contributed by atoms with Crippen LogP contribution in [-0.4, -0.2) is 25.3 Å². The summed E-state index contributed by atoms with van der Waals surface area (Å²) in [5.41, 5.74) is 2.77. The van der Waals surface area contributed by atoms with Gasteiger partial charge in [-0.2, -0.15) is 0 Å². The number of hydrogen-bond donors (Lipinski definition) is 3. The molecule has 4 N–H and O–H groups in total. The maximum Gasteiger partial charge on any atom is 0.323 e. The lowest BCUT2D eigenvalue weighted by Crippen LogP contribution is -2.10. The molecule has 0 aliphatic rings. The van der Waals surface area contributed by atoms with Gasteiger partial charge in [-0.05, 0) is 23.8 Å². The smallest absolute Gasteiger partial charge is 0.323 e. The zero-order valence-corrected chi connectivity index (χ0v) is 8.21. The third-order valence-corrected chi connectivity index (χ3v) is 2.21. The summed E-state index contributed by atoms with van der Waals surface area (Å²) in [5, 5.41) is 27.1. The normalized spacial score (nSPS) is 10.6. The van der Waals surface area contributed by atoms with Crippen molar-refractivity contribution in [1.82, 2.24) is 15.2 Å². The van der Waals surface area contributed by atoms with Crippen LogP contribution >= 0.6 is 0 Å². The number of aryl methyl sites for hydroxylation is 1. The summed E-state index contributed by atoms with van der Waals surface area (Å²) in [6.07, 6.45) is 0. The van der Waals surface area contributed by atoms with Gasteiger partial charge in [0, 0.05) is 0 Å². The predicted octanol–water partition coefficient (Wildman–Crippen LogP) is 0.171. The highest BCUT2D eigenvalue weighted by atomic mass is 16.6. The van der Waals surface area contributed by atoms with Gasteiger partial charge in [0.15, 0.2) is 5.52 Å². The summed E-state index contributed by atoms with van der Waals surface area (Å²) < 4.78 is 0. The molecule has 0 fully saturated rings. The van der Waals surface area contributed by atoms with E-state index in [1.807, 2.05) is 0 Å². The molecular weight excluding hydrogens is 216 g/mol. The second-order valence-corrected chi connectivity index (χ2v) is 3.17. The standard InChI is InChI=1S/C7H8N6O3/c1-3-2-4(9-8)7(13(15)16)5-6(3)12(14)11-10-5/h2,9,14H,8H2,1H3. The highest BCUT2D eigenvalue weighted by Gasteiger charge is 2.24. The Morgan fingerprint density at radius 2 is 2.38 bits per heavy atom. The molecule has 0 amide bonds. The van der Waals surface area contributed by atoms with Crippen LogP contribution in [0.3, 0.4) is 0 Å². The van der Waals surface area contributed by atoms with Crippen LogP contribution in [0.15, 0.2) is 6.07 Å². The fourth-order valence-corrected chi connectivity index (χ4v) is 1.55. The fraction of sp³-hybridized carbons (Fsp3) is 0.143. The number of nitrogen functional groups attached to an aromatic ring is 1. The van der Waals surface area contributed by atoms with Gasteiger partial charge < -0.3 is 10.6 Å². The first-order valence-corrected chi connectivity index (χ1v) is 4.25. The summed E-state index contributed by atoms with van der Waals surface area (Å²) >= 11 is 0. The first-order chi connectivity index (χ1) is 7.56. The molecule has 1 aromatic heterocycles. The average Bonchev–Trinajstić information content (AvgIpc) is 2.60. The number of hydrogen-bond acceptors (Lipinski definition) is 7. The number of nitrogens with zero attached hydrogens (tertiary/aromatic N) is 4. The van der Waals surface area contributed by atoms with Crippen molar-refractivity contribution < 1.29 is 10.1 Å². The summed E-state index contributed by atoms with van der Waals surface area (Å²) in [7, 11) is 0. The van der Waals surface area contributed by atoms with Gasteiger partial charge in [-0.25, -0.2) is 0 Å². The SMILES string of the molecule is Cc1cc(NN)c([N+](=O)[O-])c2nnn(O)c12. The third-order valence-electron chi connectivity index (χ3n) is 2.21. The maximum atomic E-state index is 10.9. The third kappa shape index (κ3) is 1.22. The topological polar surface area (TPSA) is 132 Å². The number of anilines is 1. The Morgan fingerprint density at radius 1 is 1.69 bits per heavy atom. The van der Waals surface area contributed by atoms with Crippen LogP contribution in [-0.2, 0) is 0 Å². The van der Waals surface area contributed by atoms with E-state index in [0.717, 1.165) is 0 Å². The Bertz CT molecular complexity index is 577. The highest BCUT2D eigenvalue weighted by Crippen LogP contribution is 2.33. The predicted molar refractivity (Wildman–Crippen MR) is 53.9 cm³/mol. The van der Waals surface area contributed by atoms with Crippen LogP contribution in [0, 0.1) is 17.0 Å². The molecule has 0 spiro atoms. The van der Waals surface area contributed by atoms with E-state index < -0.39 is 4.92 Å². The number of aromatic nitrogens is 3. The number of hydrazine groups is 1. The molecule has 9 nitrogen and oxygen atoms in total. The molecule has 84 valence electrons. The first kappa shape index (κ1) is 10.1. The quantitative estimate of drug-likeness (QED) is 0.286. The minimum Gasteiger partial charge on any atom is -0.410 e. The van der Waals surface area contributed by atoms with Crippen LogP contribution in [0.25, 0.3) is 11.0 Å². The Morgan fingerprint density at radius 3 is 2.94 bits per heavy atom. The van der Waals surface area contributed by atoms with Crippen LogP contribution in [0.2, 0.25) is 0 Å². The summed E-state index contributed by atoms with van der Waals surface area (Å²) in [6, 6.07) is 1.44. The van der Waals surface area contributed by atoms with E-state index >= 15 is 0 Å². The Labute approximate surface area is 88.5 Å². The lowest BCUT2D eigenvalue weighted by Gasteiger charge is -2.04. The first-order valence-electron chi connectivity index (χ1n) is 4.25. The number of fused-ring (bicyclic) bond motifs is 1. The average molecular weight is 224 g/mol. The van der Waals surface area contributed by atoms with Gasteiger partial charge in [-0.3, -0.25) is 16.0 Å². The van der Waals surface area contributed by atoms with E-state index in [2.05, 4.69) is 15.7 Å². The minimum absolute atomic E-state index is 0.0135. The summed E-state index contributed by atoms with van der Waals surface area (Å²) in [5.74, 6) is 5.18. The lowest BCUT2D eigenvalue weighted by atomic mass is 10.1. The zero-order chi connectivity index (χ0) is 11.9. The molecule has 16 heavy (non-hydrogen) atoms. The maximum absolute atomic E-state index is 10.9. The Balaban J connectivity index is 2.93. The van der Waals surface area contributed by atoms with Crippen LogP contribution in [0.1, 0.15) is 5.56 Å². The van der Waals surface area contributed by atoms with Gasteiger partial charge >= 0.3 is 5.69 Å². The van der Waals surface area contributed by atoms with E-state index in [9.17, 15) is 15.3 Å². The minimum atomic E-state index is -0.633. The molecule has 0 saturated heterocycles. The molecule has 2 rings (SSSR count). The molecule has 1 heterocycles. The molecule has 0 atom stereocenters. The molecule has 0 saturated carbocycles. The molecule has 2 aromatic rings. The van der Waals surface area contributed by atoms with Crippen molar-refractivity contribution in [2.75, 3.05) is 5.43 Å². The van der Waals surface area contributed by atoms with Crippen molar-refractivity contribution in [1.29, 1.82) is 0 Å². The molecule has 0 radical (unpaired) electrons. The molecule has 0 bridgehead atoms. The van der Waals surface area contributed by atoms with Gasteiger partial charge in [-0.15, -0.1) is 5.10 Å². The zero-order valence-electron chi connectivity index (χ0n) is 8.21. The van der Waals surface area contributed by atoms with Crippen LogP contribution in [0.5, 0.6) is 0 Å². The number of rotatable bonds is 2. The van der Waals surface area contributed by atoms with Crippen molar-refractivity contribution in [3.05, 3.63) is 21.7 Å². The van der Waals surface area contributed by atoms with Crippen molar-refractivity contribution in [3.8, 4) is 0 Å². The second-order valence-electron chi connectivity index (χ2n) is 3.17. The number of nitro groups is 1. The highest BCUT2D eigenvalue weighted by molar-refractivity contribution is 5.93. The van der Waals surface area contributed by atoms with Crippen molar-refractivity contribution in [3.63, 3.8) is 0 Å². The molecule has 1 aromatic carbocycles. The Kier molecular flexibility index (Phi) is 2.09. The van der Waals surface area contributed by atoms with E-state index in [-0.39, 0.29) is 22.4 Å². The molecular formula is C7H8N6O3. The van der Waals surface area contributed by atoms with Gasteiger partial charge in [-0.1, -0.05) is 4.85 Å². The second kappa shape index (κ2) is 3.31. The lowest BCUT2D eigenvalue weighted by molar-refractivity contribution is -0.382. The monoisotopic (exact) mass is 224 g/mol. The fourth-order valence-electron chi connectivity index (χ4n) is 1.55. The summed E-state index contributed by atoms with van der Waals surface area (Å²) in [4.78, 5) is 10.7. The van der Waals surface area contributed by atoms with Gasteiger partial charge in [0.05, 0.1) is 4.92 Å². The van der Waals surface area contributed by atoms with Gasteiger partial charge in [0.1, 0.15) is 11.2 Å². The molecule has 0 unspecified atom stereocenters.